The standard InChI is InChI=1S/C12H14FNO/c1-3-5-15-12-7-10(9-14-4-2)6-11(13)8-12/h1,6-8,14H,4-5,9H2,2H3. The number of halogens is 1. The zero-order valence-electron chi connectivity index (χ0n) is 8.72. The van der Waals surface area contributed by atoms with Crippen molar-refractivity contribution in [2.24, 2.45) is 0 Å². The smallest absolute Gasteiger partial charge is 0.148 e. The number of hydrogen-bond donors (Lipinski definition) is 1. The Balaban J connectivity index is 2.71. The largest absolute Gasteiger partial charge is 0.481 e. The van der Waals surface area contributed by atoms with E-state index in [0.717, 1.165) is 12.1 Å². The maximum absolute atomic E-state index is 13.1. The summed E-state index contributed by atoms with van der Waals surface area (Å²) in [4.78, 5) is 0. The van der Waals surface area contributed by atoms with Crippen molar-refractivity contribution in [2.75, 3.05) is 13.2 Å². The Labute approximate surface area is 89.4 Å². The maximum atomic E-state index is 13.1. The maximum Gasteiger partial charge on any atom is 0.148 e. The molecule has 0 spiro atoms. The fraction of sp³-hybridized carbons (Fsp3) is 0.333. The topological polar surface area (TPSA) is 21.3 Å². The Morgan fingerprint density at radius 1 is 1.47 bits per heavy atom. The molecule has 15 heavy (non-hydrogen) atoms. The Morgan fingerprint density at radius 2 is 2.27 bits per heavy atom. The molecule has 2 nitrogen and oxygen atoms in total. The van der Waals surface area contributed by atoms with Gasteiger partial charge in [-0.1, -0.05) is 12.8 Å². The van der Waals surface area contributed by atoms with Gasteiger partial charge >= 0.3 is 0 Å². The van der Waals surface area contributed by atoms with Crippen LogP contribution in [-0.4, -0.2) is 13.2 Å². The van der Waals surface area contributed by atoms with Gasteiger partial charge in [-0.2, -0.15) is 0 Å². The summed E-state index contributed by atoms with van der Waals surface area (Å²) in [6.07, 6.45) is 5.05. The molecule has 0 heterocycles. The third-order valence-corrected chi connectivity index (χ3v) is 1.83. The predicted molar refractivity (Wildman–Crippen MR) is 58.1 cm³/mol. The average molecular weight is 207 g/mol. The molecule has 3 heteroatoms. The Kier molecular flexibility index (Phi) is 4.65. The van der Waals surface area contributed by atoms with Crippen molar-refractivity contribution in [3.8, 4) is 18.1 Å². The average Bonchev–Trinajstić information content (AvgIpc) is 2.23. The normalized spacial score (nSPS) is 9.67. The molecule has 1 aromatic carbocycles. The number of hydrogen-bond acceptors (Lipinski definition) is 2. The molecule has 0 unspecified atom stereocenters. The van der Waals surface area contributed by atoms with Crippen LogP contribution in [0.3, 0.4) is 0 Å². The van der Waals surface area contributed by atoms with Gasteiger partial charge in [0, 0.05) is 12.6 Å². The summed E-state index contributed by atoms with van der Waals surface area (Å²) in [7, 11) is 0. The van der Waals surface area contributed by atoms with Crippen LogP contribution in [0.5, 0.6) is 5.75 Å². The lowest BCUT2D eigenvalue weighted by molar-refractivity contribution is 0.367. The summed E-state index contributed by atoms with van der Waals surface area (Å²) in [5.74, 6) is 2.50. The van der Waals surface area contributed by atoms with Gasteiger partial charge in [-0.25, -0.2) is 4.39 Å². The van der Waals surface area contributed by atoms with Crippen molar-refractivity contribution >= 4 is 0 Å². The highest BCUT2D eigenvalue weighted by Crippen LogP contribution is 2.16. The summed E-state index contributed by atoms with van der Waals surface area (Å²) in [5, 5.41) is 3.11. The first kappa shape index (κ1) is 11.5. The van der Waals surface area contributed by atoms with E-state index in [4.69, 9.17) is 11.2 Å². The first-order valence-corrected chi connectivity index (χ1v) is 4.82. The highest BCUT2D eigenvalue weighted by molar-refractivity contribution is 5.29. The second-order valence-electron chi connectivity index (χ2n) is 3.07. The minimum atomic E-state index is -0.308. The second-order valence-corrected chi connectivity index (χ2v) is 3.07. The van der Waals surface area contributed by atoms with Crippen molar-refractivity contribution in [1.29, 1.82) is 0 Å². The molecule has 0 atom stereocenters. The summed E-state index contributed by atoms with van der Waals surface area (Å²) in [6.45, 7) is 3.62. The van der Waals surface area contributed by atoms with Gasteiger partial charge in [0.1, 0.15) is 18.2 Å². The summed E-state index contributed by atoms with van der Waals surface area (Å²) in [6, 6.07) is 4.58. The van der Waals surface area contributed by atoms with E-state index in [1.54, 1.807) is 6.07 Å². The molecule has 0 fully saturated rings. The van der Waals surface area contributed by atoms with E-state index in [9.17, 15) is 4.39 Å². The molecule has 0 aromatic heterocycles. The van der Waals surface area contributed by atoms with Crippen molar-refractivity contribution in [2.45, 2.75) is 13.5 Å². The van der Waals surface area contributed by atoms with Crippen LogP contribution >= 0.6 is 0 Å². The Bertz CT molecular complexity index is 357. The van der Waals surface area contributed by atoms with Gasteiger partial charge in [0.25, 0.3) is 0 Å². The quantitative estimate of drug-likeness (QED) is 0.745. The van der Waals surface area contributed by atoms with Gasteiger partial charge in [0.15, 0.2) is 0 Å². The molecule has 1 rings (SSSR count). The molecule has 0 amide bonds. The van der Waals surface area contributed by atoms with Crippen molar-refractivity contribution in [1.82, 2.24) is 5.32 Å². The molecule has 0 saturated heterocycles. The van der Waals surface area contributed by atoms with Crippen LogP contribution in [0.1, 0.15) is 12.5 Å². The second kappa shape index (κ2) is 6.05. The summed E-state index contributed by atoms with van der Waals surface area (Å²) < 4.78 is 18.3. The van der Waals surface area contributed by atoms with Gasteiger partial charge in [0.2, 0.25) is 0 Å². The third kappa shape index (κ3) is 4.01. The van der Waals surface area contributed by atoms with E-state index < -0.39 is 0 Å². The Morgan fingerprint density at radius 3 is 2.93 bits per heavy atom. The molecule has 0 aliphatic rings. The zero-order chi connectivity index (χ0) is 11.1. The molecule has 0 aliphatic carbocycles. The SMILES string of the molecule is C#CCOc1cc(F)cc(CNCC)c1. The van der Waals surface area contributed by atoms with Gasteiger partial charge in [-0.3, -0.25) is 0 Å². The van der Waals surface area contributed by atoms with Crippen molar-refractivity contribution in [3.63, 3.8) is 0 Å². The lowest BCUT2D eigenvalue weighted by Gasteiger charge is -2.06. The van der Waals surface area contributed by atoms with Crippen LogP contribution < -0.4 is 10.1 Å². The summed E-state index contributed by atoms with van der Waals surface area (Å²) in [5.41, 5.74) is 0.851. The molecular formula is C12H14FNO. The summed E-state index contributed by atoms with van der Waals surface area (Å²) >= 11 is 0. The van der Waals surface area contributed by atoms with Gasteiger partial charge < -0.3 is 10.1 Å². The first-order chi connectivity index (χ1) is 7.26. The van der Waals surface area contributed by atoms with Crippen LogP contribution in [-0.2, 0) is 6.54 Å². The number of nitrogens with one attached hydrogen (secondary N) is 1. The van der Waals surface area contributed by atoms with Crippen molar-refractivity contribution in [3.05, 3.63) is 29.6 Å². The molecule has 0 saturated carbocycles. The fourth-order valence-electron chi connectivity index (χ4n) is 1.20. The number of benzene rings is 1. The molecule has 80 valence electrons. The zero-order valence-corrected chi connectivity index (χ0v) is 8.72. The van der Waals surface area contributed by atoms with Gasteiger partial charge in [-0.15, -0.1) is 6.42 Å². The monoisotopic (exact) mass is 207 g/mol. The molecule has 0 bridgehead atoms. The Hall–Kier alpha value is -1.53. The fourth-order valence-corrected chi connectivity index (χ4v) is 1.20. The minimum Gasteiger partial charge on any atom is -0.481 e. The minimum absolute atomic E-state index is 0.157. The van der Waals surface area contributed by atoms with Crippen molar-refractivity contribution < 1.29 is 9.13 Å². The van der Waals surface area contributed by atoms with Crippen LogP contribution in [0, 0.1) is 18.2 Å². The highest BCUT2D eigenvalue weighted by atomic mass is 19.1. The molecule has 0 radical (unpaired) electrons. The molecule has 0 aliphatic heterocycles. The van der Waals surface area contributed by atoms with E-state index in [0.29, 0.717) is 12.3 Å². The number of terminal acetylenes is 1. The number of rotatable bonds is 5. The molecule has 1 aromatic rings. The van der Waals surface area contributed by atoms with Gasteiger partial charge in [-0.05, 0) is 24.2 Å². The highest BCUT2D eigenvalue weighted by Gasteiger charge is 2.01. The first-order valence-electron chi connectivity index (χ1n) is 4.82. The van der Waals surface area contributed by atoms with E-state index in [1.807, 2.05) is 6.92 Å². The predicted octanol–water partition coefficient (Wildman–Crippen LogP) is 1.95. The van der Waals surface area contributed by atoms with Crippen LogP contribution in [0.15, 0.2) is 18.2 Å². The van der Waals surface area contributed by atoms with E-state index in [-0.39, 0.29) is 12.4 Å². The van der Waals surface area contributed by atoms with E-state index in [1.165, 1.54) is 12.1 Å². The van der Waals surface area contributed by atoms with E-state index >= 15 is 0 Å². The molecular weight excluding hydrogens is 193 g/mol. The van der Waals surface area contributed by atoms with Crippen LogP contribution in [0.4, 0.5) is 4.39 Å². The van der Waals surface area contributed by atoms with Crippen LogP contribution in [0.2, 0.25) is 0 Å². The van der Waals surface area contributed by atoms with Crippen LogP contribution in [0.25, 0.3) is 0 Å². The lowest BCUT2D eigenvalue weighted by atomic mass is 10.2. The number of ether oxygens (including phenoxy) is 1. The third-order valence-electron chi connectivity index (χ3n) is 1.83. The van der Waals surface area contributed by atoms with E-state index in [2.05, 4.69) is 11.2 Å². The van der Waals surface area contributed by atoms with Gasteiger partial charge in [0.05, 0.1) is 0 Å². The molecule has 1 N–H and O–H groups in total. The lowest BCUT2D eigenvalue weighted by Crippen LogP contribution is -2.12.